The van der Waals surface area contributed by atoms with E-state index in [0.29, 0.717) is 0 Å². The van der Waals surface area contributed by atoms with Gasteiger partial charge in [0.2, 0.25) is 5.91 Å². The van der Waals surface area contributed by atoms with Crippen LogP contribution in [0.15, 0.2) is 48.5 Å². The lowest BCUT2D eigenvalue weighted by Gasteiger charge is -2.37. The number of thioether (sulfide) groups is 1. The van der Waals surface area contributed by atoms with Crippen molar-refractivity contribution in [3.05, 3.63) is 59.7 Å². The minimum absolute atomic E-state index is 0.0867. The number of hydrogen-bond donors (Lipinski definition) is 1. The van der Waals surface area contributed by atoms with Gasteiger partial charge in [-0.15, -0.1) is 0 Å². The Morgan fingerprint density at radius 3 is 2.39 bits per heavy atom. The molecule has 2 amide bonds. The second kappa shape index (κ2) is 10.2. The summed E-state index contributed by atoms with van der Waals surface area (Å²) in [5, 5.41) is 3.09. The number of rotatable bonds is 5. The molecule has 6 heteroatoms. The molecule has 174 valence electrons. The van der Waals surface area contributed by atoms with Crippen LogP contribution in [0.1, 0.15) is 60.5 Å². The first-order chi connectivity index (χ1) is 16.2. The molecule has 0 aromatic heterocycles. The highest BCUT2D eigenvalue weighted by molar-refractivity contribution is 7.99. The van der Waals surface area contributed by atoms with Crippen LogP contribution >= 0.6 is 11.8 Å². The quantitative estimate of drug-likeness (QED) is 0.650. The summed E-state index contributed by atoms with van der Waals surface area (Å²) in [5.41, 5.74) is 3.73. The topological polar surface area (TPSA) is 52.7 Å². The largest absolute Gasteiger partial charge is 0.371 e. The van der Waals surface area contributed by atoms with Gasteiger partial charge in [0.25, 0.3) is 5.91 Å². The number of carbonyl (C=O) groups excluding carboxylic acids is 2. The molecule has 0 bridgehead atoms. The Hall–Kier alpha value is -2.47. The van der Waals surface area contributed by atoms with Gasteiger partial charge in [-0.3, -0.25) is 9.59 Å². The summed E-state index contributed by atoms with van der Waals surface area (Å²) >= 11 is 1.92. The van der Waals surface area contributed by atoms with Gasteiger partial charge in [0, 0.05) is 42.7 Å². The smallest absolute Gasteiger partial charge is 0.256 e. The zero-order valence-electron chi connectivity index (χ0n) is 19.2. The summed E-state index contributed by atoms with van der Waals surface area (Å²) < 4.78 is 0. The lowest BCUT2D eigenvalue weighted by molar-refractivity contribution is -0.117. The van der Waals surface area contributed by atoms with E-state index in [2.05, 4.69) is 39.4 Å². The fourth-order valence-electron chi connectivity index (χ4n) is 4.91. The van der Waals surface area contributed by atoms with Crippen LogP contribution < -0.4 is 10.2 Å². The Bertz CT molecular complexity index is 984. The summed E-state index contributed by atoms with van der Waals surface area (Å²) in [6, 6.07) is 16.4. The maximum Gasteiger partial charge on any atom is 0.256 e. The zero-order valence-corrected chi connectivity index (χ0v) is 20.0. The van der Waals surface area contributed by atoms with Crippen molar-refractivity contribution in [2.45, 2.75) is 44.6 Å². The Morgan fingerprint density at radius 1 is 0.909 bits per heavy atom. The predicted octanol–water partition coefficient (Wildman–Crippen LogP) is 5.35. The standard InChI is InChI=1S/C27H33N3O2S/c31-26(21-10-11-21)28-22-12-13-23(24(18-22)29-14-6-1-2-7-15-29)27(32)30-16-17-33-19-25(30)20-8-4-3-5-9-20/h3-5,8-9,12-13,18,21,25H,1-2,6-7,10-11,14-17,19H2,(H,28,31). The lowest BCUT2D eigenvalue weighted by atomic mass is 10.0. The number of nitrogens with one attached hydrogen (secondary N) is 1. The first-order valence-corrected chi connectivity index (χ1v) is 13.5. The highest BCUT2D eigenvalue weighted by atomic mass is 32.2. The summed E-state index contributed by atoms with van der Waals surface area (Å²) in [6.07, 6.45) is 6.71. The third-order valence-corrected chi connectivity index (χ3v) is 7.99. The van der Waals surface area contributed by atoms with Crippen LogP contribution in [-0.4, -0.2) is 47.9 Å². The molecule has 2 saturated heterocycles. The van der Waals surface area contributed by atoms with E-state index in [4.69, 9.17) is 0 Å². The molecular weight excluding hydrogens is 430 g/mol. The number of nitrogens with zero attached hydrogens (tertiary/aromatic N) is 2. The van der Waals surface area contributed by atoms with Crippen LogP contribution in [0.4, 0.5) is 11.4 Å². The molecule has 2 aliphatic heterocycles. The lowest BCUT2D eigenvalue weighted by Crippen LogP contribution is -2.41. The average Bonchev–Trinajstić information content (AvgIpc) is 3.72. The monoisotopic (exact) mass is 463 g/mol. The molecule has 0 spiro atoms. The highest BCUT2D eigenvalue weighted by Crippen LogP contribution is 2.35. The predicted molar refractivity (Wildman–Crippen MR) is 136 cm³/mol. The Labute approximate surface area is 200 Å². The van der Waals surface area contributed by atoms with E-state index in [1.54, 1.807) is 0 Å². The van der Waals surface area contributed by atoms with Gasteiger partial charge in [0.15, 0.2) is 0 Å². The van der Waals surface area contributed by atoms with Crippen LogP contribution in [0.25, 0.3) is 0 Å². The van der Waals surface area contributed by atoms with E-state index < -0.39 is 0 Å². The molecule has 1 unspecified atom stereocenters. The van der Waals surface area contributed by atoms with Gasteiger partial charge in [0.1, 0.15) is 0 Å². The van der Waals surface area contributed by atoms with Gasteiger partial charge in [-0.1, -0.05) is 43.2 Å². The van der Waals surface area contributed by atoms with E-state index in [1.807, 2.05) is 36.0 Å². The second-order valence-electron chi connectivity index (χ2n) is 9.40. The molecular formula is C27H33N3O2S. The van der Waals surface area contributed by atoms with Crippen LogP contribution in [0.2, 0.25) is 0 Å². The number of carbonyl (C=O) groups is 2. The van der Waals surface area contributed by atoms with E-state index in [9.17, 15) is 9.59 Å². The number of anilines is 2. The van der Waals surface area contributed by atoms with Gasteiger partial charge in [-0.2, -0.15) is 11.8 Å². The summed E-state index contributed by atoms with van der Waals surface area (Å²) in [6.45, 7) is 2.67. The molecule has 5 rings (SSSR count). The van der Waals surface area contributed by atoms with Gasteiger partial charge < -0.3 is 15.1 Å². The van der Waals surface area contributed by atoms with Crippen LogP contribution in [-0.2, 0) is 4.79 Å². The van der Waals surface area contributed by atoms with Gasteiger partial charge >= 0.3 is 0 Å². The van der Waals surface area contributed by atoms with Crippen molar-refractivity contribution in [2.24, 2.45) is 5.92 Å². The van der Waals surface area contributed by atoms with Crippen molar-refractivity contribution in [1.29, 1.82) is 0 Å². The minimum atomic E-state index is 0.0867. The van der Waals surface area contributed by atoms with Crippen molar-refractivity contribution in [2.75, 3.05) is 41.4 Å². The van der Waals surface area contributed by atoms with E-state index >= 15 is 0 Å². The second-order valence-corrected chi connectivity index (χ2v) is 10.5. The summed E-state index contributed by atoms with van der Waals surface area (Å²) in [7, 11) is 0. The fraction of sp³-hybridized carbons (Fsp3) is 0.481. The number of hydrogen-bond acceptors (Lipinski definition) is 4. The maximum absolute atomic E-state index is 14.0. The maximum atomic E-state index is 14.0. The van der Waals surface area contributed by atoms with Gasteiger partial charge in [-0.05, 0) is 49.4 Å². The van der Waals surface area contributed by atoms with Crippen LogP contribution in [0.5, 0.6) is 0 Å². The van der Waals surface area contributed by atoms with Crippen molar-refractivity contribution in [3.63, 3.8) is 0 Å². The molecule has 3 aliphatic rings. The molecule has 5 nitrogen and oxygen atoms in total. The molecule has 1 saturated carbocycles. The van der Waals surface area contributed by atoms with Crippen LogP contribution in [0.3, 0.4) is 0 Å². The minimum Gasteiger partial charge on any atom is -0.371 e. The van der Waals surface area contributed by atoms with Crippen molar-refractivity contribution >= 4 is 35.0 Å². The molecule has 1 N–H and O–H groups in total. The van der Waals surface area contributed by atoms with E-state index in [0.717, 1.165) is 73.8 Å². The van der Waals surface area contributed by atoms with Gasteiger partial charge in [0.05, 0.1) is 17.3 Å². The van der Waals surface area contributed by atoms with E-state index in [-0.39, 0.29) is 23.8 Å². The molecule has 1 aliphatic carbocycles. The zero-order chi connectivity index (χ0) is 22.6. The normalized spacial score (nSPS) is 21.4. The fourth-order valence-corrected chi connectivity index (χ4v) is 5.99. The summed E-state index contributed by atoms with van der Waals surface area (Å²) in [5.74, 6) is 2.25. The highest BCUT2D eigenvalue weighted by Gasteiger charge is 2.32. The Balaban J connectivity index is 1.46. The Morgan fingerprint density at radius 2 is 1.67 bits per heavy atom. The first kappa shape index (κ1) is 22.3. The third kappa shape index (κ3) is 5.21. The van der Waals surface area contributed by atoms with E-state index in [1.165, 1.54) is 18.4 Å². The number of benzene rings is 2. The average molecular weight is 464 g/mol. The van der Waals surface area contributed by atoms with Crippen molar-refractivity contribution < 1.29 is 9.59 Å². The molecule has 1 atom stereocenters. The third-order valence-electron chi connectivity index (χ3n) is 6.96. The van der Waals surface area contributed by atoms with Gasteiger partial charge in [-0.25, -0.2) is 0 Å². The summed E-state index contributed by atoms with van der Waals surface area (Å²) in [4.78, 5) is 30.8. The number of amides is 2. The van der Waals surface area contributed by atoms with Crippen molar-refractivity contribution in [3.8, 4) is 0 Å². The molecule has 0 radical (unpaired) electrons. The molecule has 33 heavy (non-hydrogen) atoms. The Kier molecular flexibility index (Phi) is 6.91. The van der Waals surface area contributed by atoms with Crippen LogP contribution in [0, 0.1) is 5.92 Å². The van der Waals surface area contributed by atoms with Crippen molar-refractivity contribution in [1.82, 2.24) is 4.90 Å². The molecule has 2 aromatic rings. The molecule has 2 heterocycles. The SMILES string of the molecule is O=C(Nc1ccc(C(=O)N2CCSCC2c2ccccc2)c(N2CCCCCC2)c1)C1CC1. The molecule has 2 aromatic carbocycles. The first-order valence-electron chi connectivity index (χ1n) is 12.3. The molecule has 3 fully saturated rings.